The molecule has 0 saturated carbocycles. The molecule has 2 aliphatic heterocycles. The highest BCUT2D eigenvalue weighted by molar-refractivity contribution is 5.85. The van der Waals surface area contributed by atoms with E-state index in [0.29, 0.717) is 6.54 Å². The summed E-state index contributed by atoms with van der Waals surface area (Å²) in [6.45, 7) is 4.80. The fourth-order valence-corrected chi connectivity index (χ4v) is 2.88. The molecule has 0 aromatic carbocycles. The van der Waals surface area contributed by atoms with Crippen molar-refractivity contribution in [3.8, 4) is 0 Å². The van der Waals surface area contributed by atoms with Gasteiger partial charge in [-0.2, -0.15) is 0 Å². The van der Waals surface area contributed by atoms with Crippen molar-refractivity contribution in [2.45, 2.75) is 50.7 Å². The summed E-state index contributed by atoms with van der Waals surface area (Å²) in [5.74, 6) is 0.0367. The molecular weight excluding hydrogens is 313 g/mol. The maximum atomic E-state index is 11.9. The van der Waals surface area contributed by atoms with Crippen molar-refractivity contribution < 1.29 is 9.53 Å². The number of ether oxygens (including phenoxy) is 1. The van der Waals surface area contributed by atoms with Crippen LogP contribution in [-0.2, 0) is 9.53 Å². The Morgan fingerprint density at radius 3 is 2.52 bits per heavy atom. The van der Waals surface area contributed by atoms with Crippen molar-refractivity contribution in [3.05, 3.63) is 0 Å². The van der Waals surface area contributed by atoms with Gasteiger partial charge in [0.1, 0.15) is 6.10 Å². The van der Waals surface area contributed by atoms with Crippen molar-refractivity contribution in [3.63, 3.8) is 0 Å². The lowest BCUT2D eigenvalue weighted by molar-refractivity contribution is -0.131. The molecule has 2 aliphatic rings. The molecule has 0 aromatic rings. The van der Waals surface area contributed by atoms with Crippen LogP contribution in [0.15, 0.2) is 0 Å². The van der Waals surface area contributed by atoms with E-state index in [9.17, 15) is 4.79 Å². The second-order valence-electron chi connectivity index (χ2n) is 5.61. The Balaban J connectivity index is 0.00000200. The molecule has 2 rings (SSSR count). The van der Waals surface area contributed by atoms with Gasteiger partial charge in [-0.1, -0.05) is 6.42 Å². The van der Waals surface area contributed by atoms with Crippen molar-refractivity contribution >= 4 is 30.7 Å². The van der Waals surface area contributed by atoms with Crippen molar-refractivity contribution in [1.82, 2.24) is 10.2 Å². The van der Waals surface area contributed by atoms with Gasteiger partial charge in [0.25, 0.3) is 0 Å². The zero-order valence-electron chi connectivity index (χ0n) is 12.6. The number of piperidine rings is 1. The van der Waals surface area contributed by atoms with Crippen LogP contribution >= 0.6 is 24.8 Å². The molecule has 0 spiro atoms. The number of likely N-dealkylation sites (tertiary alicyclic amines) is 1. The third-order valence-corrected chi connectivity index (χ3v) is 4.06. The normalized spacial score (nSPS) is 25.8. The zero-order valence-corrected chi connectivity index (χ0v) is 14.2. The third-order valence-electron chi connectivity index (χ3n) is 4.06. The fourth-order valence-electron chi connectivity index (χ4n) is 2.88. The van der Waals surface area contributed by atoms with E-state index >= 15 is 0 Å². The number of carbonyl (C=O) groups excluding carboxylic acids is 1. The van der Waals surface area contributed by atoms with Crippen LogP contribution < -0.4 is 11.1 Å². The number of hydrogen-bond donors (Lipinski definition) is 2. The molecule has 0 aliphatic carbocycles. The maximum absolute atomic E-state index is 11.9. The molecule has 1 amide bonds. The number of nitrogens with two attached hydrogens (primary N) is 1. The van der Waals surface area contributed by atoms with Crippen LogP contribution in [-0.4, -0.2) is 55.7 Å². The predicted molar refractivity (Wildman–Crippen MR) is 89.4 cm³/mol. The summed E-state index contributed by atoms with van der Waals surface area (Å²) >= 11 is 0. The highest BCUT2D eigenvalue weighted by Gasteiger charge is 2.29. The number of carbonyl (C=O) groups is 1. The molecule has 2 atom stereocenters. The van der Waals surface area contributed by atoms with Gasteiger partial charge in [0, 0.05) is 13.1 Å². The average Bonchev–Trinajstić information content (AvgIpc) is 2.93. The number of nitrogens with one attached hydrogen (secondary N) is 1. The molecule has 0 bridgehead atoms. The Labute approximate surface area is 140 Å². The summed E-state index contributed by atoms with van der Waals surface area (Å²) < 4.78 is 5.57. The van der Waals surface area contributed by atoms with Crippen LogP contribution in [0.4, 0.5) is 0 Å². The SMILES string of the molecule is Cl.Cl.NC[C@H]1CC[C@@H](C(=O)NCCCN2CCCCC2)O1. The van der Waals surface area contributed by atoms with Crippen LogP contribution in [0, 0.1) is 0 Å². The first kappa shape index (κ1) is 20.9. The minimum Gasteiger partial charge on any atom is -0.364 e. The molecule has 2 heterocycles. The molecule has 0 radical (unpaired) electrons. The van der Waals surface area contributed by atoms with Crippen LogP contribution in [0.3, 0.4) is 0 Å². The molecular formula is C14H29Cl2N3O2. The Kier molecular flexibility index (Phi) is 11.5. The number of amides is 1. The van der Waals surface area contributed by atoms with E-state index in [1.807, 2.05) is 0 Å². The van der Waals surface area contributed by atoms with Crippen molar-refractivity contribution in [2.24, 2.45) is 5.73 Å². The van der Waals surface area contributed by atoms with Gasteiger partial charge in [-0.05, 0) is 51.7 Å². The van der Waals surface area contributed by atoms with Gasteiger partial charge in [-0.15, -0.1) is 24.8 Å². The molecule has 7 heteroatoms. The van der Waals surface area contributed by atoms with Gasteiger partial charge >= 0.3 is 0 Å². The third kappa shape index (κ3) is 7.15. The number of hydrogen-bond acceptors (Lipinski definition) is 4. The first-order valence-electron chi connectivity index (χ1n) is 7.65. The smallest absolute Gasteiger partial charge is 0.249 e. The Morgan fingerprint density at radius 2 is 1.90 bits per heavy atom. The lowest BCUT2D eigenvalue weighted by Gasteiger charge is -2.26. The summed E-state index contributed by atoms with van der Waals surface area (Å²) in [6.07, 6.45) is 6.55. The average molecular weight is 342 g/mol. The minimum atomic E-state index is -0.275. The first-order chi connectivity index (χ1) is 9.29. The van der Waals surface area contributed by atoms with E-state index in [1.165, 1.54) is 32.4 Å². The van der Waals surface area contributed by atoms with Gasteiger partial charge in [0.2, 0.25) is 5.91 Å². The van der Waals surface area contributed by atoms with Crippen LogP contribution in [0.5, 0.6) is 0 Å². The van der Waals surface area contributed by atoms with E-state index in [4.69, 9.17) is 10.5 Å². The molecule has 126 valence electrons. The van der Waals surface area contributed by atoms with E-state index < -0.39 is 0 Å². The molecule has 2 fully saturated rings. The van der Waals surface area contributed by atoms with Crippen LogP contribution in [0.2, 0.25) is 0 Å². The molecule has 5 nitrogen and oxygen atoms in total. The summed E-state index contributed by atoms with van der Waals surface area (Å²) in [5, 5.41) is 2.98. The fraction of sp³-hybridized carbons (Fsp3) is 0.929. The number of nitrogens with zero attached hydrogens (tertiary/aromatic N) is 1. The van der Waals surface area contributed by atoms with Gasteiger partial charge in [-0.3, -0.25) is 4.79 Å². The monoisotopic (exact) mass is 341 g/mol. The van der Waals surface area contributed by atoms with E-state index in [1.54, 1.807) is 0 Å². The summed E-state index contributed by atoms with van der Waals surface area (Å²) in [4.78, 5) is 14.4. The minimum absolute atomic E-state index is 0. The first-order valence-corrected chi connectivity index (χ1v) is 7.65. The molecule has 3 N–H and O–H groups in total. The number of rotatable bonds is 6. The molecule has 0 aromatic heterocycles. The lowest BCUT2D eigenvalue weighted by atomic mass is 10.1. The van der Waals surface area contributed by atoms with Gasteiger partial charge in [-0.25, -0.2) is 0 Å². The van der Waals surface area contributed by atoms with E-state index in [-0.39, 0.29) is 42.9 Å². The second kappa shape index (κ2) is 11.5. The largest absolute Gasteiger partial charge is 0.364 e. The van der Waals surface area contributed by atoms with Crippen molar-refractivity contribution in [2.75, 3.05) is 32.7 Å². The lowest BCUT2D eigenvalue weighted by Crippen LogP contribution is -2.37. The van der Waals surface area contributed by atoms with Gasteiger partial charge in [0.15, 0.2) is 0 Å². The quantitative estimate of drug-likeness (QED) is 0.715. The zero-order chi connectivity index (χ0) is 13.5. The summed E-state index contributed by atoms with van der Waals surface area (Å²) in [6, 6.07) is 0. The van der Waals surface area contributed by atoms with E-state index in [0.717, 1.165) is 32.4 Å². The predicted octanol–water partition coefficient (Wildman–Crippen LogP) is 1.33. The van der Waals surface area contributed by atoms with Crippen molar-refractivity contribution in [1.29, 1.82) is 0 Å². The van der Waals surface area contributed by atoms with E-state index in [2.05, 4.69) is 10.2 Å². The highest BCUT2D eigenvalue weighted by Crippen LogP contribution is 2.18. The van der Waals surface area contributed by atoms with Gasteiger partial charge < -0.3 is 20.7 Å². The summed E-state index contributed by atoms with van der Waals surface area (Å²) in [7, 11) is 0. The molecule has 2 saturated heterocycles. The second-order valence-corrected chi connectivity index (χ2v) is 5.61. The Hall–Kier alpha value is -0.0700. The highest BCUT2D eigenvalue weighted by atomic mass is 35.5. The van der Waals surface area contributed by atoms with Crippen LogP contribution in [0.1, 0.15) is 38.5 Å². The Bertz CT molecular complexity index is 289. The summed E-state index contributed by atoms with van der Waals surface area (Å²) in [5.41, 5.74) is 5.54. The molecule has 0 unspecified atom stereocenters. The topological polar surface area (TPSA) is 67.6 Å². The Morgan fingerprint density at radius 1 is 1.19 bits per heavy atom. The maximum Gasteiger partial charge on any atom is 0.249 e. The molecule has 21 heavy (non-hydrogen) atoms. The standard InChI is InChI=1S/C14H27N3O2.2ClH/c15-11-12-5-6-13(19-12)14(18)16-7-4-10-17-8-2-1-3-9-17;;/h12-13H,1-11,15H2,(H,16,18);2*1H/t12-,13+;;/m1../s1. The van der Waals surface area contributed by atoms with Crippen LogP contribution in [0.25, 0.3) is 0 Å². The number of halogens is 2. The van der Waals surface area contributed by atoms with Gasteiger partial charge in [0.05, 0.1) is 6.10 Å².